The summed E-state index contributed by atoms with van der Waals surface area (Å²) in [5.74, 6) is 0.369. The molecule has 1 aromatic rings. The van der Waals surface area contributed by atoms with E-state index in [-0.39, 0.29) is 18.4 Å². The van der Waals surface area contributed by atoms with Crippen molar-refractivity contribution in [1.82, 2.24) is 5.32 Å². The molecule has 1 N–H and O–H groups in total. The summed E-state index contributed by atoms with van der Waals surface area (Å²) < 4.78 is 5.33. The third-order valence-corrected chi connectivity index (χ3v) is 4.03. The molecule has 0 heterocycles. The van der Waals surface area contributed by atoms with Gasteiger partial charge < -0.3 is 10.1 Å². The molecular weight excluding hydrogens is 299 g/mol. The zero-order valence-corrected chi connectivity index (χ0v) is 12.5. The van der Waals surface area contributed by atoms with Gasteiger partial charge in [0, 0.05) is 6.07 Å². The van der Waals surface area contributed by atoms with Crippen molar-refractivity contribution in [2.24, 2.45) is 5.92 Å². The Kier molecular flexibility index (Phi) is 4.42. The van der Waals surface area contributed by atoms with E-state index in [2.05, 4.69) is 11.4 Å². The van der Waals surface area contributed by atoms with Crippen LogP contribution in [-0.4, -0.2) is 18.1 Å². The number of amides is 1. The number of benzene rings is 1. The summed E-state index contributed by atoms with van der Waals surface area (Å²) in [7, 11) is 0. The second-order valence-electron chi connectivity index (χ2n) is 5.00. The highest BCUT2D eigenvalue weighted by atomic mass is 35.5. The summed E-state index contributed by atoms with van der Waals surface area (Å²) in [4.78, 5) is 11.8. The van der Waals surface area contributed by atoms with Crippen molar-refractivity contribution in [2.45, 2.75) is 25.3 Å². The molecule has 1 saturated carbocycles. The zero-order valence-electron chi connectivity index (χ0n) is 11.0. The molecule has 1 atom stereocenters. The Morgan fingerprint density at radius 2 is 2.20 bits per heavy atom. The van der Waals surface area contributed by atoms with Gasteiger partial charge in [-0.25, -0.2) is 0 Å². The maximum absolute atomic E-state index is 11.8. The predicted octanol–water partition coefficient (Wildman–Crippen LogP) is 3.18. The van der Waals surface area contributed by atoms with Crippen LogP contribution in [0.3, 0.4) is 0 Å². The van der Waals surface area contributed by atoms with Crippen LogP contribution >= 0.6 is 23.2 Å². The highest BCUT2D eigenvalue weighted by molar-refractivity contribution is 6.42. The van der Waals surface area contributed by atoms with Crippen LogP contribution in [-0.2, 0) is 4.79 Å². The summed E-state index contributed by atoms with van der Waals surface area (Å²) in [5.41, 5.74) is -0.807. The van der Waals surface area contributed by atoms with Gasteiger partial charge in [0.2, 0.25) is 0 Å². The number of carbonyl (C=O) groups is 1. The fraction of sp³-hybridized carbons (Fsp3) is 0.429. The van der Waals surface area contributed by atoms with Crippen molar-refractivity contribution in [3.63, 3.8) is 0 Å². The van der Waals surface area contributed by atoms with Gasteiger partial charge in [-0.2, -0.15) is 5.26 Å². The van der Waals surface area contributed by atoms with Crippen molar-refractivity contribution in [3.05, 3.63) is 28.2 Å². The van der Waals surface area contributed by atoms with Crippen molar-refractivity contribution in [1.29, 1.82) is 5.26 Å². The van der Waals surface area contributed by atoms with E-state index < -0.39 is 5.54 Å². The van der Waals surface area contributed by atoms with Crippen LogP contribution in [0.15, 0.2) is 18.2 Å². The monoisotopic (exact) mass is 312 g/mol. The number of ether oxygens (including phenoxy) is 1. The minimum absolute atomic E-state index is 0.165. The minimum atomic E-state index is -0.807. The largest absolute Gasteiger partial charge is 0.484 e. The first kappa shape index (κ1) is 15.0. The normalized spacial score (nSPS) is 16.9. The number of hydrogen-bond acceptors (Lipinski definition) is 3. The molecule has 0 saturated heterocycles. The summed E-state index contributed by atoms with van der Waals surface area (Å²) in [6.07, 6.45) is 1.94. The van der Waals surface area contributed by atoms with Gasteiger partial charge in [0.15, 0.2) is 6.61 Å². The average molecular weight is 313 g/mol. The Morgan fingerprint density at radius 3 is 2.75 bits per heavy atom. The lowest BCUT2D eigenvalue weighted by Crippen LogP contribution is -2.48. The Bertz CT molecular complexity index is 567. The van der Waals surface area contributed by atoms with Crippen molar-refractivity contribution < 1.29 is 9.53 Å². The molecule has 0 spiro atoms. The van der Waals surface area contributed by atoms with Crippen molar-refractivity contribution >= 4 is 29.1 Å². The number of carbonyl (C=O) groups excluding carboxylic acids is 1. The first-order valence-electron chi connectivity index (χ1n) is 6.25. The van der Waals surface area contributed by atoms with Gasteiger partial charge in [0.05, 0.1) is 16.1 Å². The highest BCUT2D eigenvalue weighted by Crippen LogP contribution is 2.39. The summed E-state index contributed by atoms with van der Waals surface area (Å²) in [6, 6.07) is 6.93. The topological polar surface area (TPSA) is 62.1 Å². The van der Waals surface area contributed by atoms with E-state index in [9.17, 15) is 4.79 Å². The molecule has 6 heteroatoms. The van der Waals surface area contributed by atoms with Crippen LogP contribution in [0.5, 0.6) is 5.75 Å². The molecule has 0 radical (unpaired) electrons. The van der Waals surface area contributed by atoms with Crippen LogP contribution in [0.4, 0.5) is 0 Å². The lowest BCUT2D eigenvalue weighted by atomic mass is 9.98. The van der Waals surface area contributed by atoms with Crippen LogP contribution in [0.25, 0.3) is 0 Å². The van der Waals surface area contributed by atoms with Crippen LogP contribution in [0.2, 0.25) is 10.0 Å². The highest BCUT2D eigenvalue weighted by Gasteiger charge is 2.43. The Morgan fingerprint density at radius 1 is 1.50 bits per heavy atom. The second kappa shape index (κ2) is 5.90. The lowest BCUT2D eigenvalue weighted by Gasteiger charge is -2.22. The van der Waals surface area contributed by atoms with Gasteiger partial charge in [-0.3, -0.25) is 4.79 Å². The maximum Gasteiger partial charge on any atom is 0.259 e. The number of nitrogens with zero attached hydrogens (tertiary/aromatic N) is 1. The minimum Gasteiger partial charge on any atom is -0.484 e. The van der Waals surface area contributed by atoms with E-state index >= 15 is 0 Å². The fourth-order valence-electron chi connectivity index (χ4n) is 1.92. The Balaban J connectivity index is 1.89. The predicted molar refractivity (Wildman–Crippen MR) is 76.8 cm³/mol. The van der Waals surface area contributed by atoms with Crippen LogP contribution < -0.4 is 10.1 Å². The number of nitriles is 1. The number of hydrogen-bond donors (Lipinski definition) is 1. The molecule has 20 heavy (non-hydrogen) atoms. The third-order valence-electron chi connectivity index (χ3n) is 3.29. The van der Waals surface area contributed by atoms with E-state index in [0.717, 1.165) is 12.8 Å². The van der Waals surface area contributed by atoms with E-state index in [4.69, 9.17) is 33.2 Å². The van der Waals surface area contributed by atoms with E-state index in [1.165, 1.54) is 0 Å². The number of rotatable bonds is 5. The molecule has 0 bridgehead atoms. The first-order valence-corrected chi connectivity index (χ1v) is 7.00. The molecule has 1 aromatic carbocycles. The molecule has 1 aliphatic rings. The fourth-order valence-corrected chi connectivity index (χ4v) is 2.21. The first-order chi connectivity index (χ1) is 9.44. The molecule has 1 aliphatic carbocycles. The summed E-state index contributed by atoms with van der Waals surface area (Å²) in [5, 5.41) is 12.7. The zero-order chi connectivity index (χ0) is 14.8. The Hall–Kier alpha value is -1.44. The van der Waals surface area contributed by atoms with Gasteiger partial charge in [0.1, 0.15) is 11.3 Å². The number of halogens is 2. The van der Waals surface area contributed by atoms with E-state index in [0.29, 0.717) is 15.8 Å². The quantitative estimate of drug-likeness (QED) is 0.908. The van der Waals surface area contributed by atoms with Crippen molar-refractivity contribution in [3.8, 4) is 11.8 Å². The van der Waals surface area contributed by atoms with Gasteiger partial charge in [0.25, 0.3) is 5.91 Å². The van der Waals surface area contributed by atoms with E-state index in [1.807, 2.05) is 0 Å². The summed E-state index contributed by atoms with van der Waals surface area (Å²) in [6.45, 7) is 1.57. The molecule has 0 aromatic heterocycles. The molecule has 4 nitrogen and oxygen atoms in total. The van der Waals surface area contributed by atoms with Gasteiger partial charge in [-0.05, 0) is 37.8 Å². The van der Waals surface area contributed by atoms with Gasteiger partial charge >= 0.3 is 0 Å². The average Bonchev–Trinajstić information content (AvgIpc) is 3.25. The molecule has 0 aliphatic heterocycles. The van der Waals surface area contributed by atoms with Crippen molar-refractivity contribution in [2.75, 3.05) is 6.61 Å². The summed E-state index contributed by atoms with van der Waals surface area (Å²) >= 11 is 11.6. The third kappa shape index (κ3) is 3.56. The smallest absolute Gasteiger partial charge is 0.259 e. The van der Waals surface area contributed by atoms with Gasteiger partial charge in [-0.15, -0.1) is 0 Å². The van der Waals surface area contributed by atoms with E-state index in [1.54, 1.807) is 25.1 Å². The second-order valence-corrected chi connectivity index (χ2v) is 5.82. The lowest BCUT2D eigenvalue weighted by molar-refractivity contribution is -0.124. The van der Waals surface area contributed by atoms with Crippen LogP contribution in [0.1, 0.15) is 19.8 Å². The molecular formula is C14H14Cl2N2O2. The SMILES string of the molecule is C[C@@](C#N)(NC(=O)COc1ccc(Cl)c(Cl)c1)C1CC1. The Labute approximate surface area is 127 Å². The molecule has 106 valence electrons. The van der Waals surface area contributed by atoms with Gasteiger partial charge in [-0.1, -0.05) is 23.2 Å². The molecule has 1 fully saturated rings. The molecule has 0 unspecified atom stereocenters. The molecule has 1 amide bonds. The van der Waals surface area contributed by atoms with Crippen LogP contribution in [0, 0.1) is 17.2 Å². The maximum atomic E-state index is 11.8. The standard InChI is InChI=1S/C14H14Cl2N2O2/c1-14(8-17,9-2-3-9)18-13(19)7-20-10-4-5-11(15)12(16)6-10/h4-6,9H,2-3,7H2,1H3,(H,18,19)/t14-/m0/s1. The number of nitrogens with one attached hydrogen (secondary N) is 1. The molecule has 2 rings (SSSR count).